The van der Waals surface area contributed by atoms with Crippen molar-refractivity contribution in [2.75, 3.05) is 0 Å². The quantitative estimate of drug-likeness (QED) is 0.235. The fourth-order valence-corrected chi connectivity index (χ4v) is 3.10. The molecule has 0 amide bonds. The van der Waals surface area contributed by atoms with Crippen LogP contribution in [0.3, 0.4) is 0 Å². The zero-order chi connectivity index (χ0) is 16.1. The second-order valence-electron chi connectivity index (χ2n) is 5.39. The Balaban J connectivity index is 2.30. The topological polar surface area (TPSA) is 83.6 Å². The summed E-state index contributed by atoms with van der Waals surface area (Å²) >= 11 is 0. The molecule has 0 saturated heterocycles. The maximum absolute atomic E-state index is 11.4. The number of rotatable bonds is 1. The molecule has 0 atom stereocenters. The van der Waals surface area contributed by atoms with Crippen molar-refractivity contribution in [3.8, 4) is 11.5 Å². The number of phenols is 2. The number of hydrogen-bond acceptors (Lipinski definition) is 4. The van der Waals surface area contributed by atoms with Crippen LogP contribution in [0.15, 0.2) is 54.6 Å². The Morgan fingerprint density at radius 2 is 1.30 bits per heavy atom. The largest absolute Gasteiger partial charge is 0.504 e. The third-order valence-electron chi connectivity index (χ3n) is 4.16. The standard InChI is InChI=1S/C18H11NO4/c20-17-8-7-12-14(18(17)21)6-5-11-10-3-1-2-4-13(10)16(19(22)23)9-15(11)12/h1-9,20-21H. The number of phenolic OH excluding ortho intramolecular Hbond substituents is 2. The highest BCUT2D eigenvalue weighted by Gasteiger charge is 2.17. The fourth-order valence-electron chi connectivity index (χ4n) is 3.10. The first-order valence-electron chi connectivity index (χ1n) is 7.01. The molecule has 0 saturated carbocycles. The van der Waals surface area contributed by atoms with E-state index >= 15 is 0 Å². The van der Waals surface area contributed by atoms with Crippen molar-refractivity contribution in [2.24, 2.45) is 0 Å². The van der Waals surface area contributed by atoms with Crippen LogP contribution in [0.1, 0.15) is 0 Å². The third-order valence-corrected chi connectivity index (χ3v) is 4.16. The van der Waals surface area contributed by atoms with Crippen LogP contribution in [-0.4, -0.2) is 15.1 Å². The van der Waals surface area contributed by atoms with Crippen LogP contribution in [-0.2, 0) is 0 Å². The second-order valence-corrected chi connectivity index (χ2v) is 5.39. The summed E-state index contributed by atoms with van der Waals surface area (Å²) in [6.45, 7) is 0. The molecule has 0 aliphatic carbocycles. The highest BCUT2D eigenvalue weighted by atomic mass is 16.6. The minimum Gasteiger partial charge on any atom is -0.504 e. The van der Waals surface area contributed by atoms with E-state index in [1.54, 1.807) is 24.3 Å². The SMILES string of the molecule is O=[N+]([O-])c1cc2c3ccc(O)c(O)c3ccc2c2ccccc12. The van der Waals surface area contributed by atoms with Gasteiger partial charge in [-0.2, -0.15) is 0 Å². The van der Waals surface area contributed by atoms with Gasteiger partial charge in [0, 0.05) is 11.5 Å². The summed E-state index contributed by atoms with van der Waals surface area (Å²) in [5.74, 6) is -0.438. The number of fused-ring (bicyclic) bond motifs is 5. The lowest BCUT2D eigenvalue weighted by molar-refractivity contribution is -0.382. The summed E-state index contributed by atoms with van der Waals surface area (Å²) in [5, 5.41) is 35.1. The number of non-ortho nitro benzene ring substituents is 1. The van der Waals surface area contributed by atoms with Gasteiger partial charge in [-0.3, -0.25) is 10.1 Å². The Bertz CT molecular complexity index is 1120. The van der Waals surface area contributed by atoms with Gasteiger partial charge in [-0.15, -0.1) is 0 Å². The van der Waals surface area contributed by atoms with E-state index in [1.165, 1.54) is 12.1 Å². The Morgan fingerprint density at radius 3 is 2.04 bits per heavy atom. The van der Waals surface area contributed by atoms with Crippen molar-refractivity contribution >= 4 is 38.0 Å². The number of nitro benzene ring substituents is 1. The zero-order valence-electron chi connectivity index (χ0n) is 11.9. The first-order chi connectivity index (χ1) is 11.1. The van der Waals surface area contributed by atoms with Gasteiger partial charge in [0.05, 0.1) is 10.3 Å². The molecule has 112 valence electrons. The number of nitro groups is 1. The maximum atomic E-state index is 11.4. The third kappa shape index (κ3) is 1.80. The van der Waals surface area contributed by atoms with Crippen molar-refractivity contribution in [3.05, 3.63) is 64.7 Å². The Morgan fingerprint density at radius 1 is 0.739 bits per heavy atom. The molecule has 0 aliphatic heterocycles. The first kappa shape index (κ1) is 13.3. The molecule has 0 aromatic heterocycles. The summed E-state index contributed by atoms with van der Waals surface area (Å²) < 4.78 is 0. The van der Waals surface area contributed by atoms with E-state index in [9.17, 15) is 20.3 Å². The molecule has 5 heteroatoms. The average molecular weight is 305 g/mol. The molecule has 0 bridgehead atoms. The molecule has 4 aromatic carbocycles. The van der Waals surface area contributed by atoms with Crippen molar-refractivity contribution in [1.29, 1.82) is 0 Å². The molecule has 4 aromatic rings. The van der Waals surface area contributed by atoms with Gasteiger partial charge in [-0.25, -0.2) is 0 Å². The van der Waals surface area contributed by atoms with Crippen LogP contribution >= 0.6 is 0 Å². The van der Waals surface area contributed by atoms with Gasteiger partial charge in [0.15, 0.2) is 11.5 Å². The lowest BCUT2D eigenvalue weighted by Crippen LogP contribution is -1.91. The van der Waals surface area contributed by atoms with E-state index in [4.69, 9.17) is 0 Å². The summed E-state index contributed by atoms with van der Waals surface area (Å²) in [6, 6.07) is 15.3. The van der Waals surface area contributed by atoms with Gasteiger partial charge in [0.2, 0.25) is 0 Å². The number of nitrogens with zero attached hydrogens (tertiary/aromatic N) is 1. The molecular weight excluding hydrogens is 294 g/mol. The van der Waals surface area contributed by atoms with Crippen LogP contribution in [0.4, 0.5) is 5.69 Å². The normalized spacial score (nSPS) is 11.3. The summed E-state index contributed by atoms with van der Waals surface area (Å²) in [6.07, 6.45) is 0. The van der Waals surface area contributed by atoms with Gasteiger partial charge in [-0.05, 0) is 45.8 Å². The average Bonchev–Trinajstić information content (AvgIpc) is 2.56. The van der Waals surface area contributed by atoms with Gasteiger partial charge >= 0.3 is 0 Å². The first-order valence-corrected chi connectivity index (χ1v) is 7.01. The van der Waals surface area contributed by atoms with Crippen LogP contribution < -0.4 is 0 Å². The van der Waals surface area contributed by atoms with Crippen molar-refractivity contribution in [1.82, 2.24) is 0 Å². The monoisotopic (exact) mass is 305 g/mol. The Kier molecular flexibility index (Phi) is 2.65. The van der Waals surface area contributed by atoms with E-state index in [0.29, 0.717) is 21.5 Å². The molecular formula is C18H11NO4. The molecule has 0 unspecified atom stereocenters. The zero-order valence-corrected chi connectivity index (χ0v) is 11.9. The van der Waals surface area contributed by atoms with Gasteiger partial charge in [0.1, 0.15) is 0 Å². The van der Waals surface area contributed by atoms with E-state index in [2.05, 4.69) is 0 Å². The van der Waals surface area contributed by atoms with Gasteiger partial charge in [0.25, 0.3) is 5.69 Å². The minimum absolute atomic E-state index is 0.0214. The van der Waals surface area contributed by atoms with Crippen molar-refractivity contribution in [2.45, 2.75) is 0 Å². The summed E-state index contributed by atoms with van der Waals surface area (Å²) in [7, 11) is 0. The maximum Gasteiger partial charge on any atom is 0.277 e. The highest BCUT2D eigenvalue weighted by molar-refractivity contribution is 6.20. The number of aromatic hydroxyl groups is 2. The molecule has 5 nitrogen and oxygen atoms in total. The van der Waals surface area contributed by atoms with Crippen LogP contribution in [0.5, 0.6) is 11.5 Å². The van der Waals surface area contributed by atoms with E-state index in [0.717, 1.165) is 10.8 Å². The highest BCUT2D eigenvalue weighted by Crippen LogP contribution is 2.41. The van der Waals surface area contributed by atoms with E-state index < -0.39 is 4.92 Å². The predicted molar refractivity (Wildman–Crippen MR) is 88.9 cm³/mol. The summed E-state index contributed by atoms with van der Waals surface area (Å²) in [5.41, 5.74) is 0.0214. The Labute approximate surface area is 130 Å². The number of hydrogen-bond donors (Lipinski definition) is 2. The van der Waals surface area contributed by atoms with Crippen molar-refractivity contribution < 1.29 is 15.1 Å². The smallest absolute Gasteiger partial charge is 0.277 e. The van der Waals surface area contributed by atoms with Crippen LogP contribution in [0.2, 0.25) is 0 Å². The molecule has 0 heterocycles. The van der Waals surface area contributed by atoms with Crippen molar-refractivity contribution in [3.63, 3.8) is 0 Å². The molecule has 0 spiro atoms. The van der Waals surface area contributed by atoms with Gasteiger partial charge in [-0.1, -0.05) is 24.3 Å². The lowest BCUT2D eigenvalue weighted by Gasteiger charge is -2.10. The second kappa shape index (κ2) is 4.58. The molecule has 4 rings (SSSR count). The van der Waals surface area contributed by atoms with Crippen LogP contribution in [0, 0.1) is 10.1 Å². The molecule has 23 heavy (non-hydrogen) atoms. The van der Waals surface area contributed by atoms with E-state index in [1.807, 2.05) is 18.2 Å². The number of benzene rings is 4. The molecule has 0 radical (unpaired) electrons. The molecule has 0 aliphatic rings. The lowest BCUT2D eigenvalue weighted by atomic mass is 9.95. The summed E-state index contributed by atoms with van der Waals surface area (Å²) in [4.78, 5) is 11.0. The molecule has 0 fully saturated rings. The van der Waals surface area contributed by atoms with Crippen LogP contribution in [0.25, 0.3) is 32.3 Å². The van der Waals surface area contributed by atoms with Gasteiger partial charge < -0.3 is 10.2 Å². The van der Waals surface area contributed by atoms with E-state index in [-0.39, 0.29) is 17.2 Å². The molecule has 2 N–H and O–H groups in total. The fraction of sp³-hybridized carbons (Fsp3) is 0. The minimum atomic E-state index is -0.402. The predicted octanol–water partition coefficient (Wildman–Crippen LogP) is 4.47. The Hall–Kier alpha value is -3.34.